The molecule has 0 bridgehead atoms. The molecule has 0 atom stereocenters. The molecule has 0 aliphatic rings. The molecule has 0 aliphatic carbocycles. The molecule has 0 aliphatic heterocycles. The van der Waals surface area contributed by atoms with Gasteiger partial charge >= 0.3 is 0 Å². The summed E-state index contributed by atoms with van der Waals surface area (Å²) in [6.45, 7) is 8.38. The second kappa shape index (κ2) is 25.7. The first-order valence-corrected chi connectivity index (χ1v) is 13.6. The van der Waals surface area contributed by atoms with Gasteiger partial charge in [-0.1, -0.05) is 117 Å². The van der Waals surface area contributed by atoms with Crippen molar-refractivity contribution >= 4 is 0 Å². The van der Waals surface area contributed by atoms with Crippen molar-refractivity contribution < 1.29 is 26.6 Å². The lowest BCUT2D eigenvalue weighted by Gasteiger charge is -2.34. The van der Waals surface area contributed by atoms with Gasteiger partial charge in [0, 0.05) is 0 Å². The predicted molar refractivity (Wildman–Crippen MR) is 132 cm³/mol. The molecule has 30 heavy (non-hydrogen) atoms. The Labute approximate surface area is 202 Å². The number of rotatable bonds is 24. The summed E-state index contributed by atoms with van der Waals surface area (Å²) in [5.41, 5.74) is 0. The summed E-state index contributed by atoms with van der Waals surface area (Å²) in [7, 11) is 2.37. The second-order valence-electron chi connectivity index (χ2n) is 9.88. The highest BCUT2D eigenvalue weighted by atomic mass is 79.9. The third-order valence-electron chi connectivity index (χ3n) is 6.74. The van der Waals surface area contributed by atoms with Gasteiger partial charge in [0.15, 0.2) is 0 Å². The maximum absolute atomic E-state index is 9.51. The first-order valence-electron chi connectivity index (χ1n) is 13.6. The number of quaternary nitrogens is 1. The van der Waals surface area contributed by atoms with Gasteiger partial charge in [0.05, 0.1) is 26.7 Å². The molecule has 184 valence electrons. The Morgan fingerprint density at radius 1 is 0.433 bits per heavy atom. The van der Waals surface area contributed by atoms with Crippen LogP contribution in [0.2, 0.25) is 0 Å². The van der Waals surface area contributed by atoms with Gasteiger partial charge < -0.3 is 26.6 Å². The number of halogens is 1. The van der Waals surface area contributed by atoms with E-state index in [1.54, 1.807) is 0 Å². The standard InChI is InChI=1S/C27H58NO.BrH/c1-4-6-8-10-12-14-16-18-20-22-24-28(3,26-27-29)25-23-21-19-17-15-13-11-9-7-5-2;/h29H,4-27H2,1-3H3;1H/q+1;/p-1. The van der Waals surface area contributed by atoms with Crippen molar-refractivity contribution in [1.29, 1.82) is 0 Å². The monoisotopic (exact) mass is 491 g/mol. The molecular weight excluding hydrogens is 434 g/mol. The minimum Gasteiger partial charge on any atom is -1.00 e. The third kappa shape index (κ3) is 23.1. The van der Waals surface area contributed by atoms with E-state index in [4.69, 9.17) is 0 Å². The van der Waals surface area contributed by atoms with Crippen LogP contribution in [0.5, 0.6) is 0 Å². The summed E-state index contributed by atoms with van der Waals surface area (Å²) in [6, 6.07) is 0. The summed E-state index contributed by atoms with van der Waals surface area (Å²) in [4.78, 5) is 0. The zero-order valence-electron chi connectivity index (χ0n) is 21.2. The van der Waals surface area contributed by atoms with Crippen molar-refractivity contribution in [2.75, 3.05) is 33.3 Å². The van der Waals surface area contributed by atoms with Gasteiger partial charge in [0.25, 0.3) is 0 Å². The molecule has 0 aromatic rings. The molecule has 1 N–H and O–H groups in total. The van der Waals surface area contributed by atoms with Crippen LogP contribution in [0, 0.1) is 0 Å². The van der Waals surface area contributed by atoms with Crippen molar-refractivity contribution in [3.8, 4) is 0 Å². The van der Waals surface area contributed by atoms with Crippen LogP contribution in [0.15, 0.2) is 0 Å². The summed E-state index contributed by atoms with van der Waals surface area (Å²) in [6.07, 6.45) is 28.2. The van der Waals surface area contributed by atoms with Crippen LogP contribution in [-0.2, 0) is 0 Å². The van der Waals surface area contributed by atoms with Crippen LogP contribution in [0.25, 0.3) is 0 Å². The van der Waals surface area contributed by atoms with E-state index in [-0.39, 0.29) is 17.0 Å². The molecule has 2 nitrogen and oxygen atoms in total. The highest BCUT2D eigenvalue weighted by molar-refractivity contribution is 4.51. The average molecular weight is 493 g/mol. The van der Waals surface area contributed by atoms with E-state index >= 15 is 0 Å². The highest BCUT2D eigenvalue weighted by Gasteiger charge is 2.19. The Morgan fingerprint density at radius 3 is 0.967 bits per heavy atom. The third-order valence-corrected chi connectivity index (χ3v) is 6.74. The van der Waals surface area contributed by atoms with Gasteiger partial charge in [-0.2, -0.15) is 0 Å². The Kier molecular flexibility index (Phi) is 27.9. The number of hydrogen-bond donors (Lipinski definition) is 1. The van der Waals surface area contributed by atoms with Crippen LogP contribution < -0.4 is 17.0 Å². The second-order valence-corrected chi connectivity index (χ2v) is 9.88. The summed E-state index contributed by atoms with van der Waals surface area (Å²) in [5.74, 6) is 0. The molecule has 0 aromatic carbocycles. The maximum Gasteiger partial charge on any atom is 0.102 e. The van der Waals surface area contributed by atoms with E-state index < -0.39 is 0 Å². The van der Waals surface area contributed by atoms with Crippen LogP contribution in [0.4, 0.5) is 0 Å². The molecule has 3 heteroatoms. The number of hydrogen-bond acceptors (Lipinski definition) is 1. The van der Waals surface area contributed by atoms with Crippen LogP contribution in [0.1, 0.15) is 142 Å². The molecule has 0 fully saturated rings. The van der Waals surface area contributed by atoms with E-state index in [9.17, 15) is 5.11 Å². The van der Waals surface area contributed by atoms with E-state index in [1.165, 1.54) is 142 Å². The fourth-order valence-corrected chi connectivity index (χ4v) is 4.54. The molecule has 0 unspecified atom stereocenters. The van der Waals surface area contributed by atoms with Gasteiger partial charge in [-0.05, 0) is 25.7 Å². The van der Waals surface area contributed by atoms with Gasteiger partial charge in [0.2, 0.25) is 0 Å². The van der Waals surface area contributed by atoms with Crippen molar-refractivity contribution in [1.82, 2.24) is 0 Å². The van der Waals surface area contributed by atoms with Crippen molar-refractivity contribution in [2.24, 2.45) is 0 Å². The normalized spacial score (nSPS) is 11.6. The molecule has 0 aromatic heterocycles. The zero-order valence-corrected chi connectivity index (χ0v) is 22.8. The van der Waals surface area contributed by atoms with Crippen LogP contribution >= 0.6 is 0 Å². The molecule has 0 radical (unpaired) electrons. The van der Waals surface area contributed by atoms with Crippen LogP contribution in [-0.4, -0.2) is 42.9 Å². The van der Waals surface area contributed by atoms with Crippen molar-refractivity contribution in [2.45, 2.75) is 142 Å². The Bertz CT molecular complexity index is 287. The molecule has 0 spiro atoms. The van der Waals surface area contributed by atoms with Gasteiger partial charge in [0.1, 0.15) is 6.54 Å². The Balaban J connectivity index is 0. The van der Waals surface area contributed by atoms with Gasteiger partial charge in [-0.15, -0.1) is 0 Å². The minimum absolute atomic E-state index is 0. The van der Waals surface area contributed by atoms with E-state index in [0.717, 1.165) is 11.0 Å². The number of likely N-dealkylation sites (N-methyl/N-ethyl adjacent to an activating group) is 1. The molecule has 0 rings (SSSR count). The molecule has 0 heterocycles. The van der Waals surface area contributed by atoms with E-state index in [0.29, 0.717) is 6.61 Å². The quantitative estimate of drug-likeness (QED) is 0.144. The summed E-state index contributed by atoms with van der Waals surface area (Å²) >= 11 is 0. The number of aliphatic hydroxyl groups is 1. The minimum atomic E-state index is 0. The number of nitrogens with zero attached hydrogens (tertiary/aromatic N) is 1. The molecule has 0 saturated carbocycles. The smallest absolute Gasteiger partial charge is 0.102 e. The van der Waals surface area contributed by atoms with Gasteiger partial charge in [-0.25, -0.2) is 0 Å². The summed E-state index contributed by atoms with van der Waals surface area (Å²) < 4.78 is 1.09. The fourth-order valence-electron chi connectivity index (χ4n) is 4.54. The predicted octanol–water partition coefficient (Wildman–Crippen LogP) is 5.27. The first kappa shape index (κ1) is 32.6. The van der Waals surface area contributed by atoms with Crippen LogP contribution in [0.3, 0.4) is 0 Å². The topological polar surface area (TPSA) is 20.2 Å². The first-order chi connectivity index (χ1) is 14.2. The van der Waals surface area contributed by atoms with Crippen molar-refractivity contribution in [3.63, 3.8) is 0 Å². The number of aliphatic hydroxyl groups excluding tert-OH is 1. The Hall–Kier alpha value is 0.400. The molecule has 0 amide bonds. The zero-order chi connectivity index (χ0) is 21.5. The Morgan fingerprint density at radius 2 is 0.700 bits per heavy atom. The maximum atomic E-state index is 9.51. The molecular formula is C27H58BrNO. The lowest BCUT2D eigenvalue weighted by atomic mass is 10.1. The molecule has 0 saturated heterocycles. The SMILES string of the molecule is CCCCCCCCCCCC[N+](C)(CCO)CCCCCCCCCCCC.[Br-]. The van der Waals surface area contributed by atoms with Crippen molar-refractivity contribution in [3.05, 3.63) is 0 Å². The highest BCUT2D eigenvalue weighted by Crippen LogP contribution is 2.15. The average Bonchev–Trinajstić information content (AvgIpc) is 2.71. The summed E-state index contributed by atoms with van der Waals surface area (Å²) in [5, 5.41) is 9.51. The lowest BCUT2D eigenvalue weighted by Crippen LogP contribution is -3.00. The van der Waals surface area contributed by atoms with E-state index in [2.05, 4.69) is 20.9 Å². The van der Waals surface area contributed by atoms with E-state index in [1.807, 2.05) is 0 Å². The largest absolute Gasteiger partial charge is 1.00 e. The lowest BCUT2D eigenvalue weighted by molar-refractivity contribution is -0.910. The van der Waals surface area contributed by atoms with Gasteiger partial charge in [-0.3, -0.25) is 0 Å². The fraction of sp³-hybridized carbons (Fsp3) is 1.00. The number of unbranched alkanes of at least 4 members (excludes halogenated alkanes) is 18.